The quantitative estimate of drug-likeness (QED) is 0.603. The molecule has 1 aromatic carbocycles. The Hall–Kier alpha value is -2.45. The predicted octanol–water partition coefficient (Wildman–Crippen LogP) is 1.49. The molecule has 0 saturated carbocycles. The fraction of sp³-hybridized carbons (Fsp3) is 0.526. The van der Waals surface area contributed by atoms with E-state index in [1.807, 2.05) is 0 Å². The molecule has 27 heavy (non-hydrogen) atoms. The second-order valence-corrected chi connectivity index (χ2v) is 6.72. The van der Waals surface area contributed by atoms with Gasteiger partial charge in [0, 0.05) is 52.1 Å². The Labute approximate surface area is 159 Å². The number of piperazine rings is 1. The number of urea groups is 1. The summed E-state index contributed by atoms with van der Waals surface area (Å²) < 4.78 is 4.98. The SMILES string of the molecule is CCN1CCN(C(=O)Nc2ccc3c(c2)C(=O)N(CCCOC)C3=O)CC1. The van der Waals surface area contributed by atoms with Gasteiger partial charge < -0.3 is 19.9 Å². The van der Waals surface area contributed by atoms with Crippen LogP contribution in [0.2, 0.25) is 0 Å². The number of rotatable bonds is 6. The normalized spacial score (nSPS) is 17.4. The molecule has 2 aliphatic rings. The number of ether oxygens (including phenoxy) is 1. The van der Waals surface area contributed by atoms with Gasteiger partial charge in [-0.15, -0.1) is 0 Å². The molecule has 0 atom stereocenters. The molecule has 0 aromatic heterocycles. The van der Waals surface area contributed by atoms with Gasteiger partial charge >= 0.3 is 6.03 Å². The number of nitrogens with one attached hydrogen (secondary N) is 1. The maximum Gasteiger partial charge on any atom is 0.321 e. The van der Waals surface area contributed by atoms with E-state index in [0.717, 1.165) is 19.6 Å². The zero-order valence-corrected chi connectivity index (χ0v) is 15.9. The van der Waals surface area contributed by atoms with E-state index in [9.17, 15) is 14.4 Å². The van der Waals surface area contributed by atoms with Crippen LogP contribution in [0.25, 0.3) is 0 Å². The third-order valence-electron chi connectivity index (χ3n) is 5.06. The highest BCUT2D eigenvalue weighted by Gasteiger charge is 2.35. The first-order valence-electron chi connectivity index (χ1n) is 9.32. The van der Waals surface area contributed by atoms with Crippen molar-refractivity contribution < 1.29 is 19.1 Å². The van der Waals surface area contributed by atoms with Gasteiger partial charge in [0.15, 0.2) is 0 Å². The van der Waals surface area contributed by atoms with Crippen molar-refractivity contribution in [1.82, 2.24) is 14.7 Å². The van der Waals surface area contributed by atoms with Crippen LogP contribution in [0, 0.1) is 0 Å². The highest BCUT2D eigenvalue weighted by atomic mass is 16.5. The Balaban J connectivity index is 1.64. The standard InChI is InChI=1S/C19H26N4O4/c1-3-21-8-10-22(11-9-21)19(26)20-14-5-6-15-16(13-14)18(25)23(17(15)24)7-4-12-27-2/h5-6,13H,3-4,7-12H2,1-2H3,(H,20,26). The minimum Gasteiger partial charge on any atom is -0.385 e. The van der Waals surface area contributed by atoms with Gasteiger partial charge in [-0.25, -0.2) is 4.79 Å². The topological polar surface area (TPSA) is 82.2 Å². The van der Waals surface area contributed by atoms with Crippen molar-refractivity contribution in [3.05, 3.63) is 29.3 Å². The van der Waals surface area contributed by atoms with E-state index >= 15 is 0 Å². The van der Waals surface area contributed by atoms with E-state index in [1.54, 1.807) is 30.2 Å². The van der Waals surface area contributed by atoms with Gasteiger partial charge in [0.25, 0.3) is 11.8 Å². The summed E-state index contributed by atoms with van der Waals surface area (Å²) in [7, 11) is 1.58. The smallest absolute Gasteiger partial charge is 0.321 e. The van der Waals surface area contributed by atoms with Crippen molar-refractivity contribution >= 4 is 23.5 Å². The van der Waals surface area contributed by atoms with Crippen LogP contribution in [0.15, 0.2) is 18.2 Å². The van der Waals surface area contributed by atoms with Crippen molar-refractivity contribution in [3.63, 3.8) is 0 Å². The van der Waals surface area contributed by atoms with Crippen molar-refractivity contribution in [1.29, 1.82) is 0 Å². The summed E-state index contributed by atoms with van der Waals surface area (Å²) in [4.78, 5) is 42.7. The number of hydrogen-bond acceptors (Lipinski definition) is 5. The lowest BCUT2D eigenvalue weighted by molar-refractivity contribution is 0.0638. The Morgan fingerprint density at radius 3 is 2.48 bits per heavy atom. The summed E-state index contributed by atoms with van der Waals surface area (Å²) in [5.41, 5.74) is 1.24. The van der Waals surface area contributed by atoms with Gasteiger partial charge in [0.05, 0.1) is 11.1 Å². The Morgan fingerprint density at radius 1 is 1.11 bits per heavy atom. The Morgan fingerprint density at radius 2 is 1.81 bits per heavy atom. The first kappa shape index (κ1) is 19.3. The maximum absolute atomic E-state index is 12.5. The van der Waals surface area contributed by atoms with Crippen molar-refractivity contribution in [2.45, 2.75) is 13.3 Å². The zero-order valence-electron chi connectivity index (χ0n) is 15.9. The number of benzene rings is 1. The van der Waals surface area contributed by atoms with Crippen LogP contribution < -0.4 is 5.32 Å². The van der Waals surface area contributed by atoms with Crippen molar-refractivity contribution in [2.75, 3.05) is 58.3 Å². The zero-order chi connectivity index (χ0) is 19.4. The lowest BCUT2D eigenvalue weighted by Crippen LogP contribution is -2.49. The van der Waals surface area contributed by atoms with Crippen LogP contribution in [0.4, 0.5) is 10.5 Å². The van der Waals surface area contributed by atoms with E-state index in [-0.39, 0.29) is 17.8 Å². The molecule has 0 unspecified atom stereocenters. The minimum absolute atomic E-state index is 0.181. The van der Waals surface area contributed by atoms with Crippen molar-refractivity contribution in [2.24, 2.45) is 0 Å². The molecular formula is C19H26N4O4. The third kappa shape index (κ3) is 4.12. The molecule has 1 N–H and O–H groups in total. The number of amides is 4. The first-order valence-corrected chi connectivity index (χ1v) is 9.32. The average molecular weight is 374 g/mol. The van der Waals surface area contributed by atoms with Gasteiger partial charge in [-0.3, -0.25) is 14.5 Å². The van der Waals surface area contributed by atoms with Gasteiger partial charge in [-0.2, -0.15) is 0 Å². The summed E-state index contributed by atoms with van der Waals surface area (Å²) in [6.45, 7) is 6.97. The largest absolute Gasteiger partial charge is 0.385 e. The number of anilines is 1. The number of methoxy groups -OCH3 is 1. The highest BCUT2D eigenvalue weighted by Crippen LogP contribution is 2.26. The summed E-state index contributed by atoms with van der Waals surface area (Å²) in [5, 5.41) is 2.84. The summed E-state index contributed by atoms with van der Waals surface area (Å²) >= 11 is 0. The molecule has 0 aliphatic carbocycles. The maximum atomic E-state index is 12.5. The van der Waals surface area contributed by atoms with E-state index in [0.29, 0.717) is 49.5 Å². The molecule has 0 bridgehead atoms. The molecule has 8 nitrogen and oxygen atoms in total. The average Bonchev–Trinajstić information content (AvgIpc) is 2.92. The molecule has 1 saturated heterocycles. The number of carbonyl (C=O) groups excluding carboxylic acids is 3. The number of carbonyl (C=O) groups is 3. The fourth-order valence-corrected chi connectivity index (χ4v) is 3.41. The molecule has 1 aromatic rings. The Bertz CT molecular complexity index is 728. The van der Waals surface area contributed by atoms with Gasteiger partial charge in [0.1, 0.15) is 0 Å². The third-order valence-corrected chi connectivity index (χ3v) is 5.06. The van der Waals surface area contributed by atoms with Gasteiger partial charge in [-0.1, -0.05) is 6.92 Å². The number of nitrogens with zero attached hydrogens (tertiary/aromatic N) is 3. The van der Waals surface area contributed by atoms with Gasteiger partial charge in [0.2, 0.25) is 0 Å². The lowest BCUT2D eigenvalue weighted by Gasteiger charge is -2.34. The number of imide groups is 1. The molecular weight excluding hydrogens is 348 g/mol. The summed E-state index contributed by atoms with van der Waals surface area (Å²) in [6, 6.07) is 4.69. The highest BCUT2D eigenvalue weighted by molar-refractivity contribution is 6.21. The molecule has 2 aliphatic heterocycles. The monoisotopic (exact) mass is 374 g/mol. The van der Waals surface area contributed by atoms with E-state index in [1.165, 1.54) is 4.90 Å². The number of likely N-dealkylation sites (N-methyl/N-ethyl adjacent to an activating group) is 1. The minimum atomic E-state index is -0.321. The first-order chi connectivity index (χ1) is 13.0. The molecule has 2 heterocycles. The van der Waals surface area contributed by atoms with Gasteiger partial charge in [-0.05, 0) is 31.2 Å². The van der Waals surface area contributed by atoms with E-state index in [4.69, 9.17) is 4.74 Å². The molecule has 146 valence electrons. The van der Waals surface area contributed by atoms with E-state index < -0.39 is 0 Å². The molecule has 3 rings (SSSR count). The van der Waals surface area contributed by atoms with Crippen LogP contribution in [0.1, 0.15) is 34.1 Å². The number of hydrogen-bond donors (Lipinski definition) is 1. The van der Waals surface area contributed by atoms with Crippen LogP contribution in [0.3, 0.4) is 0 Å². The van der Waals surface area contributed by atoms with E-state index in [2.05, 4.69) is 17.1 Å². The fourth-order valence-electron chi connectivity index (χ4n) is 3.41. The number of fused-ring (bicyclic) bond motifs is 1. The van der Waals surface area contributed by atoms with Crippen LogP contribution >= 0.6 is 0 Å². The second kappa shape index (κ2) is 8.49. The molecule has 4 amide bonds. The lowest BCUT2D eigenvalue weighted by atomic mass is 10.1. The Kier molecular flexibility index (Phi) is 6.08. The molecule has 0 spiro atoms. The summed E-state index contributed by atoms with van der Waals surface area (Å²) in [6.07, 6.45) is 0.593. The predicted molar refractivity (Wildman–Crippen MR) is 101 cm³/mol. The van der Waals surface area contributed by atoms with Crippen LogP contribution in [0.5, 0.6) is 0 Å². The molecule has 0 radical (unpaired) electrons. The van der Waals surface area contributed by atoms with Crippen molar-refractivity contribution in [3.8, 4) is 0 Å². The molecule has 1 fully saturated rings. The van der Waals surface area contributed by atoms with Crippen LogP contribution in [-0.4, -0.2) is 85.5 Å². The van der Waals surface area contributed by atoms with Crippen LogP contribution in [-0.2, 0) is 4.74 Å². The second-order valence-electron chi connectivity index (χ2n) is 6.72. The molecule has 8 heteroatoms. The summed E-state index contributed by atoms with van der Waals surface area (Å²) in [5.74, 6) is -0.613.